The molecule has 9 heteroatoms. The molecule has 1 atom stereocenters. The van der Waals surface area contributed by atoms with E-state index >= 15 is 0 Å². The normalized spacial score (nSPS) is 17.9. The van der Waals surface area contributed by atoms with E-state index in [1.807, 2.05) is 0 Å². The maximum absolute atomic E-state index is 14.0. The van der Waals surface area contributed by atoms with Crippen LogP contribution in [0.5, 0.6) is 5.75 Å². The van der Waals surface area contributed by atoms with Gasteiger partial charge in [-0.25, -0.2) is 12.8 Å². The first kappa shape index (κ1) is 20.5. The van der Waals surface area contributed by atoms with Crippen LogP contribution in [0.4, 0.5) is 4.39 Å². The van der Waals surface area contributed by atoms with Crippen LogP contribution in [0.15, 0.2) is 64.6 Å². The van der Waals surface area contributed by atoms with Gasteiger partial charge < -0.3 is 14.7 Å². The number of halogens is 1. The zero-order valence-corrected chi connectivity index (χ0v) is 17.1. The first-order valence-corrected chi connectivity index (χ1v) is 10.8. The second-order valence-electron chi connectivity index (χ2n) is 7.28. The highest BCUT2D eigenvalue weighted by molar-refractivity contribution is 7.89. The molecule has 1 N–H and O–H groups in total. The largest absolute Gasteiger partial charge is 0.494 e. The summed E-state index contributed by atoms with van der Waals surface area (Å²) in [5.41, 5.74) is 2.18. The van der Waals surface area contributed by atoms with Crippen LogP contribution in [0, 0.1) is 5.82 Å². The van der Waals surface area contributed by atoms with Crippen molar-refractivity contribution in [1.29, 1.82) is 0 Å². The standard InChI is InChI=1S/C21H21FN2O5S/c1-29-19-8-7-17(9-18(19)22)30(27,28)24-12-15-10-23(11-16(15)13-24)21(26)20(25)14-5-3-2-4-6-14/h2-9,20,25H,10-13H2,1H3/t20-/m1/s1. The topological polar surface area (TPSA) is 87.2 Å². The van der Waals surface area contributed by atoms with Crippen LogP contribution < -0.4 is 4.74 Å². The molecule has 0 saturated carbocycles. The molecule has 0 spiro atoms. The Morgan fingerprint density at radius 1 is 1.07 bits per heavy atom. The Kier molecular flexibility index (Phi) is 5.35. The van der Waals surface area contributed by atoms with Crippen molar-refractivity contribution in [3.63, 3.8) is 0 Å². The third-order valence-electron chi connectivity index (χ3n) is 5.42. The number of carbonyl (C=O) groups is 1. The van der Waals surface area contributed by atoms with Crippen molar-refractivity contribution >= 4 is 15.9 Å². The zero-order chi connectivity index (χ0) is 21.5. The molecule has 158 valence electrons. The Morgan fingerprint density at radius 3 is 2.27 bits per heavy atom. The van der Waals surface area contributed by atoms with Crippen LogP contribution in [-0.2, 0) is 14.8 Å². The van der Waals surface area contributed by atoms with Gasteiger partial charge in [-0.2, -0.15) is 4.31 Å². The first-order chi connectivity index (χ1) is 14.3. The molecule has 30 heavy (non-hydrogen) atoms. The molecule has 0 unspecified atom stereocenters. The maximum atomic E-state index is 14.0. The molecule has 2 aromatic rings. The molecular formula is C21H21FN2O5S. The molecule has 0 aliphatic carbocycles. The number of sulfonamides is 1. The number of ether oxygens (including phenoxy) is 1. The van der Waals surface area contributed by atoms with Gasteiger partial charge in [-0.05, 0) is 34.9 Å². The Hall–Kier alpha value is -2.75. The lowest BCUT2D eigenvalue weighted by atomic mass is 10.1. The van der Waals surface area contributed by atoms with Gasteiger partial charge in [-0.1, -0.05) is 30.3 Å². The number of rotatable bonds is 5. The first-order valence-electron chi connectivity index (χ1n) is 9.36. The molecule has 0 bridgehead atoms. The van der Waals surface area contributed by atoms with E-state index in [0.717, 1.165) is 17.2 Å². The van der Waals surface area contributed by atoms with Gasteiger partial charge in [0.15, 0.2) is 17.7 Å². The summed E-state index contributed by atoms with van der Waals surface area (Å²) < 4.78 is 45.9. The average Bonchev–Trinajstić information content (AvgIpc) is 3.33. The number of carbonyl (C=O) groups excluding carboxylic acids is 1. The van der Waals surface area contributed by atoms with E-state index in [2.05, 4.69) is 0 Å². The van der Waals surface area contributed by atoms with E-state index in [0.29, 0.717) is 5.56 Å². The number of amides is 1. The fourth-order valence-corrected chi connectivity index (χ4v) is 5.22. The summed E-state index contributed by atoms with van der Waals surface area (Å²) in [4.78, 5) is 14.0. The quantitative estimate of drug-likeness (QED) is 0.727. The second kappa shape index (κ2) is 7.82. The summed E-state index contributed by atoms with van der Waals surface area (Å²) in [7, 11) is -2.57. The number of aliphatic hydroxyl groups excluding tert-OH is 1. The highest BCUT2D eigenvalue weighted by Gasteiger charge is 2.39. The van der Waals surface area contributed by atoms with Crippen LogP contribution >= 0.6 is 0 Å². The van der Waals surface area contributed by atoms with Gasteiger partial charge in [-0.3, -0.25) is 4.79 Å². The van der Waals surface area contributed by atoms with Crippen molar-refractivity contribution in [2.75, 3.05) is 33.3 Å². The third-order valence-corrected chi connectivity index (χ3v) is 7.21. The van der Waals surface area contributed by atoms with E-state index in [-0.39, 0.29) is 36.8 Å². The van der Waals surface area contributed by atoms with Gasteiger partial charge >= 0.3 is 0 Å². The minimum absolute atomic E-state index is 0.0258. The predicted octanol–water partition coefficient (Wildman–Crippen LogP) is 1.71. The Morgan fingerprint density at radius 2 is 1.70 bits per heavy atom. The number of methoxy groups -OCH3 is 1. The van der Waals surface area contributed by atoms with Crippen molar-refractivity contribution in [3.05, 3.63) is 71.1 Å². The number of hydrogen-bond acceptors (Lipinski definition) is 5. The molecule has 2 aliphatic rings. The summed E-state index contributed by atoms with van der Waals surface area (Å²) in [5.74, 6) is -1.19. The highest BCUT2D eigenvalue weighted by Crippen LogP contribution is 2.32. The fourth-order valence-electron chi connectivity index (χ4n) is 3.78. The summed E-state index contributed by atoms with van der Waals surface area (Å²) in [6, 6.07) is 12.2. The van der Waals surface area contributed by atoms with Gasteiger partial charge in [0, 0.05) is 26.2 Å². The number of benzene rings is 2. The lowest BCUT2D eigenvalue weighted by Gasteiger charge is -2.24. The second-order valence-corrected chi connectivity index (χ2v) is 9.22. The van der Waals surface area contributed by atoms with Crippen LogP contribution in [-0.4, -0.2) is 61.9 Å². The van der Waals surface area contributed by atoms with Crippen LogP contribution in [0.25, 0.3) is 0 Å². The number of nitrogens with zero attached hydrogens (tertiary/aromatic N) is 2. The molecule has 2 aromatic carbocycles. The van der Waals surface area contributed by atoms with E-state index < -0.39 is 27.9 Å². The van der Waals surface area contributed by atoms with Crippen molar-refractivity contribution in [2.24, 2.45) is 0 Å². The maximum Gasteiger partial charge on any atom is 0.256 e. The van der Waals surface area contributed by atoms with Crippen molar-refractivity contribution < 1.29 is 27.4 Å². The van der Waals surface area contributed by atoms with Crippen LogP contribution in [0.3, 0.4) is 0 Å². The molecule has 4 rings (SSSR count). The van der Waals surface area contributed by atoms with E-state index in [9.17, 15) is 22.7 Å². The van der Waals surface area contributed by atoms with Crippen molar-refractivity contribution in [1.82, 2.24) is 9.21 Å². The molecule has 1 amide bonds. The summed E-state index contributed by atoms with van der Waals surface area (Å²) in [5, 5.41) is 10.3. The average molecular weight is 432 g/mol. The minimum atomic E-state index is -3.88. The van der Waals surface area contributed by atoms with Gasteiger partial charge in [0.25, 0.3) is 5.91 Å². The van der Waals surface area contributed by atoms with Gasteiger partial charge in [0.05, 0.1) is 12.0 Å². The molecule has 0 fully saturated rings. The van der Waals surface area contributed by atoms with E-state index in [4.69, 9.17) is 4.74 Å². The summed E-state index contributed by atoms with van der Waals surface area (Å²) in [6.45, 7) is 0.801. The van der Waals surface area contributed by atoms with Gasteiger partial charge in [0.1, 0.15) is 0 Å². The number of aliphatic hydroxyl groups is 1. The fraction of sp³-hybridized carbons (Fsp3) is 0.286. The molecule has 7 nitrogen and oxygen atoms in total. The Labute approximate surface area is 174 Å². The molecule has 2 aliphatic heterocycles. The lowest BCUT2D eigenvalue weighted by molar-refractivity contribution is -0.139. The molecular weight excluding hydrogens is 411 g/mol. The predicted molar refractivity (Wildman–Crippen MR) is 107 cm³/mol. The molecule has 0 aromatic heterocycles. The smallest absolute Gasteiger partial charge is 0.256 e. The van der Waals surface area contributed by atoms with Crippen molar-refractivity contribution in [2.45, 2.75) is 11.0 Å². The van der Waals surface area contributed by atoms with Crippen LogP contribution in [0.2, 0.25) is 0 Å². The van der Waals surface area contributed by atoms with E-state index in [1.165, 1.54) is 28.4 Å². The monoisotopic (exact) mass is 432 g/mol. The number of hydrogen-bond donors (Lipinski definition) is 1. The summed E-state index contributed by atoms with van der Waals surface area (Å²) in [6.07, 6.45) is -1.26. The Balaban J connectivity index is 1.43. The van der Waals surface area contributed by atoms with E-state index in [1.54, 1.807) is 30.3 Å². The molecule has 0 saturated heterocycles. The van der Waals surface area contributed by atoms with Crippen LogP contribution in [0.1, 0.15) is 11.7 Å². The minimum Gasteiger partial charge on any atom is -0.494 e. The highest BCUT2D eigenvalue weighted by atomic mass is 32.2. The van der Waals surface area contributed by atoms with Gasteiger partial charge in [-0.15, -0.1) is 0 Å². The molecule has 2 heterocycles. The third kappa shape index (κ3) is 3.60. The van der Waals surface area contributed by atoms with Gasteiger partial charge in [0.2, 0.25) is 10.0 Å². The van der Waals surface area contributed by atoms with Crippen molar-refractivity contribution in [3.8, 4) is 5.75 Å². The lowest BCUT2D eigenvalue weighted by Crippen LogP contribution is -2.38. The SMILES string of the molecule is COc1ccc(S(=O)(=O)N2CC3=C(CN(C(=O)[C@H](O)c4ccccc4)C3)C2)cc1F. The Bertz CT molecular complexity index is 1100. The zero-order valence-electron chi connectivity index (χ0n) is 16.3. The molecule has 0 radical (unpaired) electrons. The summed E-state index contributed by atoms with van der Waals surface area (Å²) >= 11 is 0.